The van der Waals surface area contributed by atoms with Gasteiger partial charge in [-0.05, 0) is 32.9 Å². The van der Waals surface area contributed by atoms with Crippen LogP contribution in [0.2, 0.25) is 0 Å². The monoisotopic (exact) mass is 270 g/mol. The van der Waals surface area contributed by atoms with Crippen LogP contribution in [0.25, 0.3) is 5.69 Å². The Kier molecular flexibility index (Phi) is 3.49. The van der Waals surface area contributed by atoms with E-state index >= 15 is 0 Å². The number of nitrogens with one attached hydrogen (secondary N) is 1. The van der Waals surface area contributed by atoms with Gasteiger partial charge < -0.3 is 10.2 Å². The standard InChI is InChI=1S/C16H22N4/c1-12-4-6-15(7-5-12)20-14(3)16(13(2)18-20)19-10-8-17-9-11-19/h4-7,17H,8-11H2,1-3H3. The predicted octanol–water partition coefficient (Wildman–Crippen LogP) is 2.21. The minimum Gasteiger partial charge on any atom is -0.366 e. The lowest BCUT2D eigenvalue weighted by molar-refractivity contribution is 0.587. The molecular formula is C16H22N4. The number of nitrogens with zero attached hydrogens (tertiary/aromatic N) is 3. The van der Waals surface area contributed by atoms with E-state index in [2.05, 4.69) is 59.9 Å². The lowest BCUT2D eigenvalue weighted by Crippen LogP contribution is -2.43. The summed E-state index contributed by atoms with van der Waals surface area (Å²) < 4.78 is 2.06. The summed E-state index contributed by atoms with van der Waals surface area (Å²) in [5, 5.41) is 8.14. The van der Waals surface area contributed by atoms with Gasteiger partial charge in [-0.15, -0.1) is 0 Å². The summed E-state index contributed by atoms with van der Waals surface area (Å²) in [7, 11) is 0. The van der Waals surface area contributed by atoms with E-state index in [0.29, 0.717) is 0 Å². The lowest BCUT2D eigenvalue weighted by Gasteiger charge is -2.29. The summed E-state index contributed by atoms with van der Waals surface area (Å²) in [5.41, 5.74) is 6.06. The van der Waals surface area contributed by atoms with Crippen molar-refractivity contribution in [1.82, 2.24) is 15.1 Å². The first kappa shape index (κ1) is 13.2. The van der Waals surface area contributed by atoms with Gasteiger partial charge in [-0.1, -0.05) is 17.7 Å². The first-order valence-corrected chi connectivity index (χ1v) is 7.26. The molecule has 1 fully saturated rings. The van der Waals surface area contributed by atoms with Crippen LogP contribution in [0.4, 0.5) is 5.69 Å². The highest BCUT2D eigenvalue weighted by atomic mass is 15.3. The molecular weight excluding hydrogens is 248 g/mol. The van der Waals surface area contributed by atoms with Gasteiger partial charge in [0.1, 0.15) is 0 Å². The van der Waals surface area contributed by atoms with Crippen molar-refractivity contribution in [3.05, 3.63) is 41.2 Å². The molecule has 1 aromatic carbocycles. The number of rotatable bonds is 2. The number of hydrogen-bond donors (Lipinski definition) is 1. The minimum absolute atomic E-state index is 1.05. The molecule has 106 valence electrons. The average molecular weight is 270 g/mol. The van der Waals surface area contributed by atoms with E-state index < -0.39 is 0 Å². The largest absolute Gasteiger partial charge is 0.366 e. The molecule has 1 aliphatic heterocycles. The summed E-state index contributed by atoms with van der Waals surface area (Å²) in [4.78, 5) is 2.44. The second kappa shape index (κ2) is 5.29. The predicted molar refractivity (Wildman–Crippen MR) is 82.9 cm³/mol. The normalized spacial score (nSPS) is 15.7. The molecule has 0 spiro atoms. The van der Waals surface area contributed by atoms with Gasteiger partial charge in [-0.25, -0.2) is 4.68 Å². The number of benzene rings is 1. The van der Waals surface area contributed by atoms with Gasteiger partial charge >= 0.3 is 0 Å². The molecule has 0 saturated carbocycles. The first-order chi connectivity index (χ1) is 9.66. The van der Waals surface area contributed by atoms with Crippen molar-refractivity contribution in [2.24, 2.45) is 0 Å². The van der Waals surface area contributed by atoms with Crippen LogP contribution >= 0.6 is 0 Å². The molecule has 1 N–H and O–H groups in total. The minimum atomic E-state index is 1.05. The highest BCUT2D eigenvalue weighted by molar-refractivity contribution is 5.57. The van der Waals surface area contributed by atoms with Crippen LogP contribution in [-0.4, -0.2) is 36.0 Å². The van der Waals surface area contributed by atoms with Crippen molar-refractivity contribution >= 4 is 5.69 Å². The maximum absolute atomic E-state index is 4.74. The second-order valence-corrected chi connectivity index (χ2v) is 5.50. The van der Waals surface area contributed by atoms with Crippen molar-refractivity contribution in [1.29, 1.82) is 0 Å². The lowest BCUT2D eigenvalue weighted by atomic mass is 10.2. The molecule has 0 radical (unpaired) electrons. The molecule has 1 aromatic heterocycles. The van der Waals surface area contributed by atoms with E-state index in [1.807, 2.05) is 0 Å². The Balaban J connectivity index is 1.99. The molecule has 0 aliphatic carbocycles. The molecule has 4 heteroatoms. The zero-order valence-corrected chi connectivity index (χ0v) is 12.5. The van der Waals surface area contributed by atoms with Crippen molar-refractivity contribution in [2.45, 2.75) is 20.8 Å². The fourth-order valence-corrected chi connectivity index (χ4v) is 2.92. The quantitative estimate of drug-likeness (QED) is 0.908. The summed E-state index contributed by atoms with van der Waals surface area (Å²) >= 11 is 0. The fourth-order valence-electron chi connectivity index (χ4n) is 2.92. The van der Waals surface area contributed by atoms with Gasteiger partial charge in [-0.2, -0.15) is 5.10 Å². The molecule has 2 heterocycles. The number of anilines is 1. The van der Waals surface area contributed by atoms with Gasteiger partial charge in [0.15, 0.2) is 0 Å². The summed E-state index contributed by atoms with van der Waals surface area (Å²) in [6.45, 7) is 10.6. The van der Waals surface area contributed by atoms with Crippen molar-refractivity contribution in [2.75, 3.05) is 31.1 Å². The summed E-state index contributed by atoms with van der Waals surface area (Å²) in [6.07, 6.45) is 0. The third-order valence-electron chi connectivity index (χ3n) is 3.96. The molecule has 0 bridgehead atoms. The fraction of sp³-hybridized carbons (Fsp3) is 0.438. The molecule has 3 rings (SSSR count). The van der Waals surface area contributed by atoms with Crippen LogP contribution in [0, 0.1) is 20.8 Å². The van der Waals surface area contributed by atoms with Crippen LogP contribution in [0.1, 0.15) is 17.0 Å². The number of piperazine rings is 1. The van der Waals surface area contributed by atoms with E-state index in [1.54, 1.807) is 0 Å². The zero-order valence-electron chi connectivity index (χ0n) is 12.5. The smallest absolute Gasteiger partial charge is 0.0834 e. The third-order valence-corrected chi connectivity index (χ3v) is 3.96. The van der Waals surface area contributed by atoms with E-state index in [-0.39, 0.29) is 0 Å². The van der Waals surface area contributed by atoms with Crippen molar-refractivity contribution < 1.29 is 0 Å². The Labute approximate surface area is 120 Å². The second-order valence-electron chi connectivity index (χ2n) is 5.50. The highest BCUT2D eigenvalue weighted by Gasteiger charge is 2.20. The Morgan fingerprint density at radius 2 is 1.65 bits per heavy atom. The number of aryl methyl sites for hydroxylation is 2. The zero-order chi connectivity index (χ0) is 14.1. The van der Waals surface area contributed by atoms with E-state index in [0.717, 1.165) is 37.6 Å². The van der Waals surface area contributed by atoms with Crippen LogP contribution in [0.5, 0.6) is 0 Å². The van der Waals surface area contributed by atoms with Crippen LogP contribution in [0.15, 0.2) is 24.3 Å². The van der Waals surface area contributed by atoms with E-state index in [1.165, 1.54) is 16.9 Å². The number of aromatic nitrogens is 2. The first-order valence-electron chi connectivity index (χ1n) is 7.26. The number of hydrogen-bond acceptors (Lipinski definition) is 3. The van der Waals surface area contributed by atoms with Gasteiger partial charge in [0.25, 0.3) is 0 Å². The van der Waals surface area contributed by atoms with E-state index in [9.17, 15) is 0 Å². The van der Waals surface area contributed by atoms with E-state index in [4.69, 9.17) is 5.10 Å². The van der Waals surface area contributed by atoms with Gasteiger partial charge in [0.2, 0.25) is 0 Å². The van der Waals surface area contributed by atoms with Gasteiger partial charge in [0, 0.05) is 26.2 Å². The maximum atomic E-state index is 4.74. The molecule has 20 heavy (non-hydrogen) atoms. The molecule has 0 amide bonds. The molecule has 1 saturated heterocycles. The van der Waals surface area contributed by atoms with Crippen LogP contribution < -0.4 is 10.2 Å². The highest BCUT2D eigenvalue weighted by Crippen LogP contribution is 2.27. The van der Waals surface area contributed by atoms with Crippen LogP contribution in [-0.2, 0) is 0 Å². The topological polar surface area (TPSA) is 33.1 Å². The molecule has 1 aliphatic rings. The molecule has 4 nitrogen and oxygen atoms in total. The Morgan fingerprint density at radius 3 is 2.30 bits per heavy atom. The van der Waals surface area contributed by atoms with Gasteiger partial charge in [-0.3, -0.25) is 0 Å². The van der Waals surface area contributed by atoms with Crippen molar-refractivity contribution in [3.63, 3.8) is 0 Å². The Morgan fingerprint density at radius 1 is 1.00 bits per heavy atom. The maximum Gasteiger partial charge on any atom is 0.0834 e. The Hall–Kier alpha value is -1.81. The molecule has 0 unspecified atom stereocenters. The van der Waals surface area contributed by atoms with Crippen molar-refractivity contribution in [3.8, 4) is 5.69 Å². The average Bonchev–Trinajstić information content (AvgIpc) is 2.76. The molecule has 2 aromatic rings. The molecule has 0 atom stereocenters. The SMILES string of the molecule is Cc1ccc(-n2nc(C)c(N3CCNCC3)c2C)cc1. The third kappa shape index (κ3) is 2.31. The van der Waals surface area contributed by atoms with Gasteiger partial charge in [0.05, 0.1) is 22.8 Å². The van der Waals surface area contributed by atoms with Crippen LogP contribution in [0.3, 0.4) is 0 Å². The summed E-state index contributed by atoms with van der Waals surface area (Å²) in [5.74, 6) is 0. The Bertz CT molecular complexity index is 592. The summed E-state index contributed by atoms with van der Waals surface area (Å²) in [6, 6.07) is 8.54.